The van der Waals surface area contributed by atoms with Crippen LogP contribution in [0.5, 0.6) is 0 Å². The van der Waals surface area contributed by atoms with Crippen LogP contribution < -0.4 is 16.0 Å². The summed E-state index contributed by atoms with van der Waals surface area (Å²) in [6.45, 7) is 5.04. The number of carbonyl (C=O) groups is 2. The lowest BCUT2D eigenvalue weighted by atomic mass is 10.00. The fraction of sp³-hybridized carbons (Fsp3) is 0.417. The van der Waals surface area contributed by atoms with Gasteiger partial charge in [-0.25, -0.2) is 19.2 Å². The molecule has 2 aliphatic rings. The number of hydrogen-bond acceptors (Lipinski definition) is 7. The summed E-state index contributed by atoms with van der Waals surface area (Å²) in [5.74, 6) is -0.776. The van der Waals surface area contributed by atoms with E-state index in [0.29, 0.717) is 46.2 Å². The van der Waals surface area contributed by atoms with E-state index < -0.39 is 6.09 Å². The quantitative estimate of drug-likeness (QED) is 0.491. The lowest BCUT2D eigenvalue weighted by molar-refractivity contribution is 0.0956. The van der Waals surface area contributed by atoms with Crippen molar-refractivity contribution in [3.63, 3.8) is 0 Å². The van der Waals surface area contributed by atoms with Crippen molar-refractivity contribution in [2.75, 3.05) is 30.3 Å². The van der Waals surface area contributed by atoms with Crippen LogP contribution in [0.1, 0.15) is 46.6 Å². The van der Waals surface area contributed by atoms with E-state index in [9.17, 15) is 14.7 Å². The van der Waals surface area contributed by atoms with Crippen LogP contribution >= 0.6 is 11.3 Å². The van der Waals surface area contributed by atoms with Gasteiger partial charge in [-0.05, 0) is 43.4 Å². The zero-order valence-electron chi connectivity index (χ0n) is 19.5. The first-order valence-corrected chi connectivity index (χ1v) is 12.4. The van der Waals surface area contributed by atoms with Crippen LogP contribution in [0.15, 0.2) is 24.4 Å². The molecule has 4 N–H and O–H groups in total. The number of aromatic nitrogens is 2. The predicted octanol–water partition coefficient (Wildman–Crippen LogP) is 3.59. The second kappa shape index (κ2) is 8.95. The van der Waals surface area contributed by atoms with Crippen molar-refractivity contribution in [2.24, 2.45) is 0 Å². The third kappa shape index (κ3) is 4.24. The average molecular weight is 499 g/mol. The number of halogens is 1. The number of benzene rings is 1. The molecule has 11 heteroatoms. The summed E-state index contributed by atoms with van der Waals surface area (Å²) >= 11 is 1.20. The topological polar surface area (TPSA) is 125 Å². The molecule has 0 saturated carbocycles. The van der Waals surface area contributed by atoms with E-state index in [1.807, 2.05) is 24.8 Å². The monoisotopic (exact) mass is 498 g/mol. The first-order valence-electron chi connectivity index (χ1n) is 11.6. The third-order valence-electron chi connectivity index (χ3n) is 6.92. The molecule has 2 aliphatic heterocycles. The summed E-state index contributed by atoms with van der Waals surface area (Å²) in [6.07, 6.45) is 2.33. The molecule has 35 heavy (non-hydrogen) atoms. The van der Waals surface area contributed by atoms with Crippen molar-refractivity contribution in [1.29, 1.82) is 0 Å². The maximum atomic E-state index is 15.1. The average Bonchev–Trinajstić information content (AvgIpc) is 3.29. The molecule has 0 radical (unpaired) electrons. The Labute approximate surface area is 205 Å². The summed E-state index contributed by atoms with van der Waals surface area (Å²) in [6, 6.07) is 4.92. The lowest BCUT2D eigenvalue weighted by Crippen LogP contribution is -2.55. The second-order valence-corrected chi connectivity index (χ2v) is 10.3. The zero-order chi connectivity index (χ0) is 24.9. The summed E-state index contributed by atoms with van der Waals surface area (Å²) in [7, 11) is 0. The largest absolute Gasteiger partial charge is 0.465 e. The summed E-state index contributed by atoms with van der Waals surface area (Å²) in [4.78, 5) is 37.4. The smallest absolute Gasteiger partial charge is 0.407 e. The van der Waals surface area contributed by atoms with Crippen molar-refractivity contribution < 1.29 is 19.1 Å². The van der Waals surface area contributed by atoms with E-state index >= 15 is 4.39 Å². The molecule has 0 aliphatic carbocycles. The normalized spacial score (nSPS) is 20.3. The Morgan fingerprint density at radius 2 is 2.03 bits per heavy atom. The standard InChI is InChI=1S/C24H27FN6O3S/c1-12(8-28-22(32)21-19(26)20-23(35-21)29-13(2)9-27-20)14-3-6-18(17(25)7-14)30-10-15-4-5-16(11-30)31(15)24(33)34/h3,6-7,9,12,15-16H,4-5,8,10-11,26H2,1-2H3,(H,28,32)(H,33,34). The Balaban J connectivity index is 1.24. The van der Waals surface area contributed by atoms with Crippen molar-refractivity contribution in [3.8, 4) is 0 Å². The Bertz CT molecular complexity index is 1300. The zero-order valence-corrected chi connectivity index (χ0v) is 20.3. The minimum absolute atomic E-state index is 0.102. The van der Waals surface area contributed by atoms with Crippen LogP contribution in [-0.4, -0.2) is 63.7 Å². The molecule has 4 heterocycles. The number of carboxylic acid groups (broad SMARTS) is 1. The molecular weight excluding hydrogens is 471 g/mol. The van der Waals surface area contributed by atoms with Gasteiger partial charge in [-0.15, -0.1) is 11.3 Å². The van der Waals surface area contributed by atoms with Gasteiger partial charge in [0.15, 0.2) is 0 Å². The molecular formula is C24H27FN6O3S. The van der Waals surface area contributed by atoms with Gasteiger partial charge < -0.3 is 21.1 Å². The first kappa shape index (κ1) is 23.3. The number of rotatable bonds is 5. The highest BCUT2D eigenvalue weighted by Gasteiger charge is 2.43. The van der Waals surface area contributed by atoms with Gasteiger partial charge in [0.05, 0.1) is 29.2 Å². The van der Waals surface area contributed by atoms with Crippen molar-refractivity contribution in [2.45, 2.75) is 44.7 Å². The third-order valence-corrected chi connectivity index (χ3v) is 8.01. The maximum absolute atomic E-state index is 15.1. The van der Waals surface area contributed by atoms with Crippen LogP contribution in [-0.2, 0) is 0 Å². The number of aryl methyl sites for hydroxylation is 1. The van der Waals surface area contributed by atoms with Gasteiger partial charge in [0.1, 0.15) is 21.0 Å². The molecule has 3 aromatic rings. The maximum Gasteiger partial charge on any atom is 0.407 e. The Morgan fingerprint density at radius 3 is 2.69 bits per heavy atom. The second-order valence-electron chi connectivity index (χ2n) is 9.31. The van der Waals surface area contributed by atoms with Crippen LogP contribution in [0.4, 0.5) is 20.6 Å². The van der Waals surface area contributed by atoms with Crippen LogP contribution in [0.3, 0.4) is 0 Å². The molecule has 5 rings (SSSR count). The molecule has 3 unspecified atom stereocenters. The lowest BCUT2D eigenvalue weighted by Gasteiger charge is -2.40. The molecule has 2 saturated heterocycles. The predicted molar refractivity (Wildman–Crippen MR) is 133 cm³/mol. The van der Waals surface area contributed by atoms with Gasteiger partial charge in [-0.3, -0.25) is 9.69 Å². The van der Waals surface area contributed by atoms with Crippen molar-refractivity contribution >= 4 is 45.1 Å². The van der Waals surface area contributed by atoms with E-state index in [-0.39, 0.29) is 29.7 Å². The van der Waals surface area contributed by atoms with Gasteiger partial charge in [-0.1, -0.05) is 13.0 Å². The molecule has 184 valence electrons. The van der Waals surface area contributed by atoms with Gasteiger partial charge in [0.2, 0.25) is 0 Å². The van der Waals surface area contributed by atoms with Crippen molar-refractivity contribution in [3.05, 3.63) is 46.3 Å². The molecule has 0 spiro atoms. The highest BCUT2D eigenvalue weighted by atomic mass is 32.1. The fourth-order valence-corrected chi connectivity index (χ4v) is 6.09. The summed E-state index contributed by atoms with van der Waals surface area (Å²) in [5.41, 5.74) is 8.96. The van der Waals surface area contributed by atoms with Crippen LogP contribution in [0, 0.1) is 12.7 Å². The fourth-order valence-electron chi connectivity index (χ4n) is 5.08. The number of piperazine rings is 1. The number of nitrogens with one attached hydrogen (secondary N) is 1. The summed E-state index contributed by atoms with van der Waals surface area (Å²) in [5, 5.41) is 12.3. The van der Waals surface area contributed by atoms with Gasteiger partial charge >= 0.3 is 6.09 Å². The van der Waals surface area contributed by atoms with E-state index in [1.54, 1.807) is 12.3 Å². The molecule has 1 aromatic carbocycles. The molecule has 2 bridgehead atoms. The van der Waals surface area contributed by atoms with Gasteiger partial charge in [0, 0.05) is 25.8 Å². The van der Waals surface area contributed by atoms with E-state index in [4.69, 9.17) is 5.73 Å². The van der Waals surface area contributed by atoms with E-state index in [1.165, 1.54) is 22.3 Å². The minimum atomic E-state index is -0.899. The number of anilines is 2. The Morgan fingerprint density at radius 1 is 1.31 bits per heavy atom. The highest BCUT2D eigenvalue weighted by molar-refractivity contribution is 7.21. The number of nitrogens with two attached hydrogens (primary N) is 1. The number of thiophene rings is 1. The van der Waals surface area contributed by atoms with E-state index in [2.05, 4.69) is 15.3 Å². The van der Waals surface area contributed by atoms with E-state index in [0.717, 1.165) is 24.1 Å². The van der Waals surface area contributed by atoms with Crippen LogP contribution in [0.2, 0.25) is 0 Å². The Kier molecular flexibility index (Phi) is 5.96. The number of carbonyl (C=O) groups excluding carboxylic acids is 1. The Hall–Kier alpha value is -3.47. The summed E-state index contributed by atoms with van der Waals surface area (Å²) < 4.78 is 15.1. The number of amides is 2. The van der Waals surface area contributed by atoms with Gasteiger partial charge in [-0.2, -0.15) is 0 Å². The minimum Gasteiger partial charge on any atom is -0.465 e. The molecule has 2 fully saturated rings. The highest BCUT2D eigenvalue weighted by Crippen LogP contribution is 2.35. The first-order chi connectivity index (χ1) is 16.7. The molecule has 2 amide bonds. The SMILES string of the molecule is Cc1cnc2c(N)c(C(=O)NCC(C)c3ccc(N4CC5CCC(C4)N5C(=O)O)c(F)c3)sc2n1. The number of nitrogens with zero attached hydrogens (tertiary/aromatic N) is 4. The molecule has 3 atom stereocenters. The number of hydrogen-bond donors (Lipinski definition) is 3. The van der Waals surface area contributed by atoms with Crippen LogP contribution in [0.25, 0.3) is 10.3 Å². The number of fused-ring (bicyclic) bond motifs is 3. The molecule has 2 aromatic heterocycles. The molecule has 9 nitrogen and oxygen atoms in total. The number of nitrogen functional groups attached to an aromatic ring is 1. The van der Waals surface area contributed by atoms with Gasteiger partial charge in [0.25, 0.3) is 5.91 Å². The van der Waals surface area contributed by atoms with Crippen molar-refractivity contribution in [1.82, 2.24) is 20.2 Å².